The Morgan fingerprint density at radius 2 is 2.08 bits per heavy atom. The van der Waals surface area contributed by atoms with Gasteiger partial charge in [0.25, 0.3) is 0 Å². The summed E-state index contributed by atoms with van der Waals surface area (Å²) in [5.41, 5.74) is 1.72. The molecule has 0 aliphatic carbocycles. The molecule has 0 fully saturated rings. The van der Waals surface area contributed by atoms with Crippen LogP contribution in [0.3, 0.4) is 0 Å². The molecule has 0 amide bonds. The lowest BCUT2D eigenvalue weighted by molar-refractivity contribution is 0.600. The first-order chi connectivity index (χ1) is 6.06. The van der Waals surface area contributed by atoms with Gasteiger partial charge in [0.1, 0.15) is 5.82 Å². The molecule has 1 aromatic rings. The zero-order chi connectivity index (χ0) is 10.0. The zero-order valence-corrected chi connectivity index (χ0v) is 10.1. The molecule has 1 nitrogen and oxygen atoms in total. The molecule has 0 spiro atoms. The maximum Gasteiger partial charge on any atom is 0.127 e. The van der Waals surface area contributed by atoms with Gasteiger partial charge in [0.15, 0.2) is 0 Å². The molecule has 0 bridgehead atoms. The van der Waals surface area contributed by atoms with Crippen LogP contribution in [0.15, 0.2) is 12.1 Å². The predicted octanol–water partition coefficient (Wildman–Crippen LogP) is 3.02. The molecular weight excluding hydrogens is 280 g/mol. The van der Waals surface area contributed by atoms with Crippen LogP contribution in [0.25, 0.3) is 0 Å². The Labute approximate surface area is 91.9 Å². The number of halogens is 2. The predicted molar refractivity (Wildman–Crippen MR) is 61.3 cm³/mol. The summed E-state index contributed by atoms with van der Waals surface area (Å²) in [4.78, 5) is 0. The van der Waals surface area contributed by atoms with Crippen LogP contribution in [-0.4, -0.2) is 7.05 Å². The molecule has 13 heavy (non-hydrogen) atoms. The van der Waals surface area contributed by atoms with E-state index in [2.05, 4.69) is 27.9 Å². The maximum atomic E-state index is 13.3. The molecule has 1 N–H and O–H groups in total. The van der Waals surface area contributed by atoms with Crippen LogP contribution in [0.2, 0.25) is 0 Å². The van der Waals surface area contributed by atoms with E-state index in [9.17, 15) is 4.39 Å². The van der Waals surface area contributed by atoms with E-state index in [4.69, 9.17) is 0 Å². The van der Waals surface area contributed by atoms with Crippen LogP contribution in [0.5, 0.6) is 0 Å². The Kier molecular flexibility index (Phi) is 3.67. The van der Waals surface area contributed by atoms with E-state index in [1.807, 2.05) is 20.0 Å². The highest BCUT2D eigenvalue weighted by Gasteiger charge is 2.08. The summed E-state index contributed by atoms with van der Waals surface area (Å²) < 4.78 is 14.3. The molecule has 3 heteroatoms. The smallest absolute Gasteiger partial charge is 0.127 e. The minimum absolute atomic E-state index is 0.121. The van der Waals surface area contributed by atoms with Crippen LogP contribution in [-0.2, 0) is 0 Å². The molecule has 0 saturated carbocycles. The van der Waals surface area contributed by atoms with Crippen molar-refractivity contribution in [3.05, 3.63) is 32.6 Å². The lowest BCUT2D eigenvalue weighted by Crippen LogP contribution is -2.13. The van der Waals surface area contributed by atoms with E-state index in [0.29, 0.717) is 0 Å². The number of nitrogens with one attached hydrogen (secondary N) is 1. The normalized spacial score (nSPS) is 13.0. The molecule has 0 aliphatic heterocycles. The maximum absolute atomic E-state index is 13.3. The lowest BCUT2D eigenvalue weighted by Gasteiger charge is -2.12. The summed E-state index contributed by atoms with van der Waals surface area (Å²) in [5, 5.41) is 3.09. The van der Waals surface area contributed by atoms with E-state index in [1.54, 1.807) is 13.0 Å². The largest absolute Gasteiger partial charge is 0.313 e. The summed E-state index contributed by atoms with van der Waals surface area (Å²) in [5.74, 6) is -0.121. The monoisotopic (exact) mass is 293 g/mol. The van der Waals surface area contributed by atoms with Gasteiger partial charge in [0.2, 0.25) is 0 Å². The molecule has 1 atom stereocenters. The SMILES string of the molecule is CNC(C)c1cc(F)c(C)c(I)c1. The van der Waals surface area contributed by atoms with E-state index >= 15 is 0 Å². The van der Waals surface area contributed by atoms with Crippen molar-refractivity contribution in [2.75, 3.05) is 7.05 Å². The van der Waals surface area contributed by atoms with E-state index in [-0.39, 0.29) is 11.9 Å². The van der Waals surface area contributed by atoms with Gasteiger partial charge in [-0.2, -0.15) is 0 Å². The Morgan fingerprint density at radius 1 is 1.46 bits per heavy atom. The van der Waals surface area contributed by atoms with Crippen LogP contribution in [0, 0.1) is 16.3 Å². The topological polar surface area (TPSA) is 12.0 Å². The zero-order valence-electron chi connectivity index (χ0n) is 7.99. The van der Waals surface area contributed by atoms with Gasteiger partial charge in [-0.25, -0.2) is 4.39 Å². The average molecular weight is 293 g/mol. The third-order valence-corrected chi connectivity index (χ3v) is 3.36. The van der Waals surface area contributed by atoms with Gasteiger partial charge >= 0.3 is 0 Å². The Bertz CT molecular complexity index is 289. The third-order valence-electron chi connectivity index (χ3n) is 2.24. The molecule has 1 aromatic carbocycles. The Balaban J connectivity index is 3.13. The fraction of sp³-hybridized carbons (Fsp3) is 0.400. The minimum atomic E-state index is -0.121. The third kappa shape index (κ3) is 2.40. The first kappa shape index (κ1) is 10.9. The Hall–Kier alpha value is -0.160. The molecule has 0 radical (unpaired) electrons. The van der Waals surface area contributed by atoms with Crippen LogP contribution >= 0.6 is 22.6 Å². The number of benzene rings is 1. The van der Waals surface area contributed by atoms with Gasteiger partial charge in [-0.05, 0) is 66.7 Å². The van der Waals surface area contributed by atoms with Crippen molar-refractivity contribution >= 4 is 22.6 Å². The number of hydrogen-bond acceptors (Lipinski definition) is 1. The average Bonchev–Trinajstić information content (AvgIpc) is 2.12. The molecule has 72 valence electrons. The second kappa shape index (κ2) is 4.37. The molecule has 1 rings (SSSR count). The number of rotatable bonds is 2. The van der Waals surface area contributed by atoms with Gasteiger partial charge in [-0.3, -0.25) is 0 Å². The van der Waals surface area contributed by atoms with Crippen molar-refractivity contribution in [1.29, 1.82) is 0 Å². The van der Waals surface area contributed by atoms with Crippen LogP contribution in [0.4, 0.5) is 4.39 Å². The lowest BCUT2D eigenvalue weighted by atomic mass is 10.1. The fourth-order valence-corrected chi connectivity index (χ4v) is 1.70. The molecule has 0 aromatic heterocycles. The summed E-state index contributed by atoms with van der Waals surface area (Å²) in [6.07, 6.45) is 0. The summed E-state index contributed by atoms with van der Waals surface area (Å²) in [7, 11) is 1.87. The standard InChI is InChI=1S/C10H13FIN/c1-6-9(11)4-8(5-10(6)12)7(2)13-3/h4-5,7,13H,1-3H3. The van der Waals surface area contributed by atoms with E-state index in [1.165, 1.54) is 0 Å². The van der Waals surface area contributed by atoms with Crippen molar-refractivity contribution in [3.63, 3.8) is 0 Å². The summed E-state index contributed by atoms with van der Waals surface area (Å²) in [6.45, 7) is 3.81. The van der Waals surface area contributed by atoms with Crippen molar-refractivity contribution in [2.45, 2.75) is 19.9 Å². The summed E-state index contributed by atoms with van der Waals surface area (Å²) in [6, 6.07) is 3.81. The molecule has 0 aliphatic rings. The number of hydrogen-bond donors (Lipinski definition) is 1. The van der Waals surface area contributed by atoms with Crippen molar-refractivity contribution in [1.82, 2.24) is 5.32 Å². The first-order valence-corrected chi connectivity index (χ1v) is 5.27. The second-order valence-corrected chi connectivity index (χ2v) is 4.28. The van der Waals surface area contributed by atoms with Gasteiger partial charge in [0, 0.05) is 9.61 Å². The van der Waals surface area contributed by atoms with E-state index < -0.39 is 0 Å². The van der Waals surface area contributed by atoms with Gasteiger partial charge in [-0.1, -0.05) is 0 Å². The van der Waals surface area contributed by atoms with Gasteiger partial charge in [-0.15, -0.1) is 0 Å². The summed E-state index contributed by atoms with van der Waals surface area (Å²) >= 11 is 2.16. The van der Waals surface area contributed by atoms with Crippen molar-refractivity contribution in [3.8, 4) is 0 Å². The van der Waals surface area contributed by atoms with Crippen LogP contribution in [0.1, 0.15) is 24.1 Å². The quantitative estimate of drug-likeness (QED) is 0.827. The second-order valence-electron chi connectivity index (χ2n) is 3.12. The fourth-order valence-electron chi connectivity index (χ4n) is 1.08. The first-order valence-electron chi connectivity index (χ1n) is 4.19. The van der Waals surface area contributed by atoms with Crippen molar-refractivity contribution in [2.24, 2.45) is 0 Å². The van der Waals surface area contributed by atoms with Crippen molar-refractivity contribution < 1.29 is 4.39 Å². The van der Waals surface area contributed by atoms with Crippen LogP contribution < -0.4 is 5.32 Å². The molecule has 0 saturated heterocycles. The van der Waals surface area contributed by atoms with Gasteiger partial charge in [0.05, 0.1) is 0 Å². The molecule has 0 heterocycles. The molecular formula is C10H13FIN. The molecule has 1 unspecified atom stereocenters. The van der Waals surface area contributed by atoms with E-state index in [0.717, 1.165) is 14.7 Å². The highest BCUT2D eigenvalue weighted by Crippen LogP contribution is 2.21. The highest BCUT2D eigenvalue weighted by atomic mass is 127. The highest BCUT2D eigenvalue weighted by molar-refractivity contribution is 14.1. The minimum Gasteiger partial charge on any atom is -0.313 e. The Morgan fingerprint density at radius 3 is 2.54 bits per heavy atom. The van der Waals surface area contributed by atoms with Gasteiger partial charge < -0.3 is 5.32 Å².